The number of halogens is 2. The maximum absolute atomic E-state index is 13.3. The minimum atomic E-state index is -0.622. The third-order valence-corrected chi connectivity index (χ3v) is 6.63. The van der Waals surface area contributed by atoms with Crippen molar-refractivity contribution < 1.29 is 19.1 Å². The molecule has 35 heavy (non-hydrogen) atoms. The number of amides is 2. The number of hydrogen-bond donors (Lipinski definition) is 0. The zero-order chi connectivity index (χ0) is 25.7. The molecule has 4 rings (SSSR count). The van der Waals surface area contributed by atoms with Gasteiger partial charge in [0.15, 0.2) is 0 Å². The lowest BCUT2D eigenvalue weighted by Gasteiger charge is -2.38. The molecule has 0 saturated carbocycles. The van der Waals surface area contributed by atoms with E-state index >= 15 is 0 Å². The Balaban J connectivity index is 1.73. The van der Waals surface area contributed by atoms with Crippen molar-refractivity contribution in [3.8, 4) is 11.1 Å². The van der Waals surface area contributed by atoms with Crippen LogP contribution in [-0.2, 0) is 9.47 Å². The molecule has 1 fully saturated rings. The largest absolute Gasteiger partial charge is 0.444 e. The summed E-state index contributed by atoms with van der Waals surface area (Å²) in [5, 5.41) is 1.12. The molecule has 0 aromatic heterocycles. The zero-order valence-corrected chi connectivity index (χ0v) is 22.5. The number of rotatable bonds is 1. The molecule has 2 heterocycles. The van der Waals surface area contributed by atoms with Crippen LogP contribution >= 0.6 is 23.2 Å². The molecular weight excluding hydrogens is 487 g/mol. The van der Waals surface area contributed by atoms with Crippen molar-refractivity contribution in [1.29, 1.82) is 0 Å². The smallest absolute Gasteiger partial charge is 0.415 e. The van der Waals surface area contributed by atoms with Crippen molar-refractivity contribution in [2.75, 3.05) is 18.0 Å². The summed E-state index contributed by atoms with van der Waals surface area (Å²) in [4.78, 5) is 29.6. The van der Waals surface area contributed by atoms with E-state index in [-0.39, 0.29) is 24.1 Å². The second-order valence-corrected chi connectivity index (χ2v) is 12.0. The Bertz CT molecular complexity index is 1150. The molecule has 0 spiro atoms. The quantitative estimate of drug-likeness (QED) is 0.391. The van der Waals surface area contributed by atoms with E-state index in [0.29, 0.717) is 29.6 Å². The number of benzene rings is 2. The second kappa shape index (κ2) is 9.21. The van der Waals surface area contributed by atoms with Crippen LogP contribution in [-0.4, -0.2) is 47.4 Å². The molecule has 0 bridgehead atoms. The van der Waals surface area contributed by atoms with E-state index in [2.05, 4.69) is 6.07 Å². The Kier molecular flexibility index (Phi) is 6.75. The Morgan fingerprint density at radius 3 is 2.20 bits per heavy atom. The SMILES string of the molecule is CC(C)(C)OC(=O)N1CCC2C(C1)c1cc(-c3ccc(Cl)cc3Cl)ccc1N2C(=O)OC(C)(C)C. The van der Waals surface area contributed by atoms with Crippen LogP contribution in [0, 0.1) is 0 Å². The van der Waals surface area contributed by atoms with Crippen LogP contribution < -0.4 is 4.90 Å². The predicted octanol–water partition coefficient (Wildman–Crippen LogP) is 7.51. The van der Waals surface area contributed by atoms with Crippen molar-refractivity contribution in [3.05, 3.63) is 52.0 Å². The van der Waals surface area contributed by atoms with Crippen LogP contribution in [0.25, 0.3) is 11.1 Å². The van der Waals surface area contributed by atoms with Gasteiger partial charge in [0.1, 0.15) is 11.2 Å². The zero-order valence-electron chi connectivity index (χ0n) is 21.0. The molecule has 188 valence electrons. The minimum absolute atomic E-state index is 0.0789. The van der Waals surface area contributed by atoms with Gasteiger partial charge in [0, 0.05) is 34.6 Å². The summed E-state index contributed by atoms with van der Waals surface area (Å²) in [5.74, 6) is -0.0789. The van der Waals surface area contributed by atoms with Crippen LogP contribution in [0.3, 0.4) is 0 Å². The van der Waals surface area contributed by atoms with Crippen LogP contribution in [0.4, 0.5) is 15.3 Å². The van der Waals surface area contributed by atoms with Crippen LogP contribution in [0.5, 0.6) is 0 Å². The topological polar surface area (TPSA) is 59.1 Å². The van der Waals surface area contributed by atoms with Gasteiger partial charge in [-0.15, -0.1) is 0 Å². The molecule has 2 aromatic carbocycles. The fourth-order valence-electron chi connectivity index (χ4n) is 4.73. The standard InChI is InChI=1S/C27H32Cl2N2O4/c1-26(2,3)34-24(32)30-12-11-23-20(15-30)19-13-16(18-9-8-17(28)14-21(18)29)7-10-22(19)31(23)25(33)35-27(4,5)6/h7-10,13-14,20,23H,11-12,15H2,1-6H3. The number of ether oxygens (including phenoxy) is 2. The number of nitrogens with zero attached hydrogens (tertiary/aromatic N) is 2. The van der Waals surface area contributed by atoms with E-state index in [1.807, 2.05) is 59.7 Å². The van der Waals surface area contributed by atoms with E-state index in [1.54, 1.807) is 21.9 Å². The Morgan fingerprint density at radius 1 is 0.914 bits per heavy atom. The number of anilines is 1. The molecule has 6 nitrogen and oxygen atoms in total. The Morgan fingerprint density at radius 2 is 1.57 bits per heavy atom. The number of likely N-dealkylation sites (tertiary alicyclic amines) is 1. The summed E-state index contributed by atoms with van der Waals surface area (Å²) < 4.78 is 11.4. The maximum atomic E-state index is 13.3. The second-order valence-electron chi connectivity index (χ2n) is 11.1. The van der Waals surface area contributed by atoms with Gasteiger partial charge in [-0.3, -0.25) is 4.90 Å². The predicted molar refractivity (Wildman–Crippen MR) is 140 cm³/mol. The number of hydrogen-bond acceptors (Lipinski definition) is 4. The molecule has 0 radical (unpaired) electrons. The van der Waals surface area contributed by atoms with Crippen molar-refractivity contribution in [2.24, 2.45) is 0 Å². The monoisotopic (exact) mass is 518 g/mol. The molecule has 2 aliphatic heterocycles. The first-order valence-corrected chi connectivity index (χ1v) is 12.6. The van der Waals surface area contributed by atoms with E-state index in [0.717, 1.165) is 22.4 Å². The normalized spacial score (nSPS) is 19.8. The highest BCUT2D eigenvalue weighted by atomic mass is 35.5. The van der Waals surface area contributed by atoms with Crippen molar-refractivity contribution in [2.45, 2.75) is 71.1 Å². The van der Waals surface area contributed by atoms with Crippen LogP contribution in [0.1, 0.15) is 59.4 Å². The van der Waals surface area contributed by atoms with Gasteiger partial charge in [-0.2, -0.15) is 0 Å². The van der Waals surface area contributed by atoms with E-state index in [1.165, 1.54) is 0 Å². The Labute approximate surface area is 217 Å². The van der Waals surface area contributed by atoms with E-state index < -0.39 is 11.2 Å². The summed E-state index contributed by atoms with van der Waals surface area (Å²) in [6.45, 7) is 12.1. The fourth-order valence-corrected chi connectivity index (χ4v) is 5.25. The molecule has 2 aliphatic rings. The van der Waals surface area contributed by atoms with Crippen LogP contribution in [0.2, 0.25) is 10.0 Å². The van der Waals surface area contributed by atoms with Crippen molar-refractivity contribution in [1.82, 2.24) is 4.90 Å². The summed E-state index contributed by atoms with van der Waals surface area (Å²) in [5.41, 5.74) is 2.36. The molecule has 8 heteroatoms. The van der Waals surface area contributed by atoms with Gasteiger partial charge >= 0.3 is 12.2 Å². The highest BCUT2D eigenvalue weighted by molar-refractivity contribution is 6.36. The third kappa shape index (κ3) is 5.54. The molecule has 1 saturated heterocycles. The summed E-state index contributed by atoms with van der Waals surface area (Å²) in [7, 11) is 0. The first-order valence-electron chi connectivity index (χ1n) is 11.8. The van der Waals surface area contributed by atoms with Crippen molar-refractivity contribution >= 4 is 41.1 Å². The summed E-state index contributed by atoms with van der Waals surface area (Å²) >= 11 is 12.6. The lowest BCUT2D eigenvalue weighted by Crippen LogP contribution is -2.51. The average Bonchev–Trinajstić information content (AvgIpc) is 3.04. The molecule has 2 atom stereocenters. The van der Waals surface area contributed by atoms with Gasteiger partial charge in [-0.05, 0) is 83.4 Å². The van der Waals surface area contributed by atoms with Gasteiger partial charge in [0.25, 0.3) is 0 Å². The first kappa shape index (κ1) is 25.6. The first-order chi connectivity index (χ1) is 16.2. The molecule has 2 unspecified atom stereocenters. The average molecular weight is 519 g/mol. The summed E-state index contributed by atoms with van der Waals surface area (Å²) in [6.07, 6.45) is -0.103. The minimum Gasteiger partial charge on any atom is -0.444 e. The fraction of sp³-hybridized carbons (Fsp3) is 0.481. The van der Waals surface area contributed by atoms with Gasteiger partial charge in [-0.25, -0.2) is 9.59 Å². The number of piperidine rings is 1. The van der Waals surface area contributed by atoms with Gasteiger partial charge < -0.3 is 14.4 Å². The third-order valence-electron chi connectivity index (χ3n) is 6.08. The number of carbonyl (C=O) groups is 2. The molecule has 2 amide bonds. The highest BCUT2D eigenvalue weighted by Crippen LogP contribution is 2.47. The van der Waals surface area contributed by atoms with Gasteiger partial charge in [-0.1, -0.05) is 35.3 Å². The lowest BCUT2D eigenvalue weighted by atomic mass is 9.88. The number of carbonyl (C=O) groups excluding carboxylic acids is 2. The highest BCUT2D eigenvalue weighted by Gasteiger charge is 2.47. The van der Waals surface area contributed by atoms with Gasteiger partial charge in [0.05, 0.1) is 11.7 Å². The Hall–Kier alpha value is -2.44. The molecule has 2 aromatic rings. The number of fused-ring (bicyclic) bond motifs is 3. The van der Waals surface area contributed by atoms with E-state index in [9.17, 15) is 9.59 Å². The lowest BCUT2D eigenvalue weighted by molar-refractivity contribution is 0.0185. The molecular formula is C27H32Cl2N2O4. The van der Waals surface area contributed by atoms with E-state index in [4.69, 9.17) is 32.7 Å². The van der Waals surface area contributed by atoms with Crippen LogP contribution in [0.15, 0.2) is 36.4 Å². The summed E-state index contributed by atoms with van der Waals surface area (Å²) in [6, 6.07) is 11.2. The molecule has 0 N–H and O–H groups in total. The van der Waals surface area contributed by atoms with Gasteiger partial charge in [0.2, 0.25) is 0 Å². The maximum Gasteiger partial charge on any atom is 0.415 e. The van der Waals surface area contributed by atoms with Crippen molar-refractivity contribution in [3.63, 3.8) is 0 Å². The molecule has 0 aliphatic carbocycles.